The van der Waals surface area contributed by atoms with Crippen molar-refractivity contribution in [1.29, 1.82) is 0 Å². The smallest absolute Gasteiger partial charge is 0.137 e. The van der Waals surface area contributed by atoms with Gasteiger partial charge in [-0.15, -0.1) is 0 Å². The van der Waals surface area contributed by atoms with Gasteiger partial charge in [0.15, 0.2) is 0 Å². The fraction of sp³-hybridized carbons (Fsp3) is 0.400. The minimum absolute atomic E-state index is 0.00757. The third-order valence-electron chi connectivity index (χ3n) is 1.78. The van der Waals surface area contributed by atoms with E-state index in [1.54, 1.807) is 0 Å². The Morgan fingerprint density at radius 2 is 2.23 bits per heavy atom. The van der Waals surface area contributed by atoms with Gasteiger partial charge in [-0.3, -0.25) is 0 Å². The number of benzene rings is 1. The van der Waals surface area contributed by atoms with Crippen molar-refractivity contribution in [3.8, 4) is 5.75 Å². The van der Waals surface area contributed by atoms with Crippen LogP contribution in [0.2, 0.25) is 5.02 Å². The number of rotatable bonds is 3. The minimum Gasteiger partial charge on any atom is -0.492 e. The Hall–Kier alpha value is -0.730. The molecule has 0 bridgehead atoms. The van der Waals surface area contributed by atoms with E-state index in [2.05, 4.69) is 0 Å². The van der Waals surface area contributed by atoms with Gasteiger partial charge in [-0.2, -0.15) is 0 Å². The van der Waals surface area contributed by atoms with E-state index in [4.69, 9.17) is 22.1 Å². The molecule has 3 heteroatoms. The van der Waals surface area contributed by atoms with Crippen molar-refractivity contribution in [3.63, 3.8) is 0 Å². The molecule has 2 nitrogen and oxygen atoms in total. The summed E-state index contributed by atoms with van der Waals surface area (Å²) in [5.74, 6) is 0.716. The lowest BCUT2D eigenvalue weighted by Gasteiger charge is -2.09. The molecule has 0 amide bonds. The lowest BCUT2D eigenvalue weighted by Crippen LogP contribution is -2.04. The lowest BCUT2D eigenvalue weighted by atomic mass is 10.1. The maximum absolute atomic E-state index is 5.97. The van der Waals surface area contributed by atoms with E-state index in [1.807, 2.05) is 32.0 Å². The summed E-state index contributed by atoms with van der Waals surface area (Å²) >= 11 is 5.97. The van der Waals surface area contributed by atoms with Crippen molar-refractivity contribution >= 4 is 11.6 Å². The summed E-state index contributed by atoms with van der Waals surface area (Å²) in [5.41, 5.74) is 6.73. The molecule has 0 radical (unpaired) electrons. The highest BCUT2D eigenvalue weighted by molar-refractivity contribution is 6.32. The van der Waals surface area contributed by atoms with Crippen LogP contribution in [0, 0.1) is 0 Å². The van der Waals surface area contributed by atoms with Gasteiger partial charge < -0.3 is 10.5 Å². The molecule has 0 aromatic heterocycles. The average Bonchev–Trinajstić information content (AvgIpc) is 2.08. The molecule has 13 heavy (non-hydrogen) atoms. The summed E-state index contributed by atoms with van der Waals surface area (Å²) in [4.78, 5) is 0. The van der Waals surface area contributed by atoms with Crippen LogP contribution in [-0.4, -0.2) is 6.61 Å². The first kappa shape index (κ1) is 10.4. The zero-order valence-corrected chi connectivity index (χ0v) is 8.64. The van der Waals surface area contributed by atoms with Crippen LogP contribution in [0.5, 0.6) is 5.75 Å². The van der Waals surface area contributed by atoms with E-state index < -0.39 is 0 Å². The van der Waals surface area contributed by atoms with Crippen molar-refractivity contribution < 1.29 is 4.74 Å². The molecule has 1 aromatic rings. The average molecular weight is 200 g/mol. The predicted molar refractivity (Wildman–Crippen MR) is 55.2 cm³/mol. The number of hydrogen-bond acceptors (Lipinski definition) is 2. The van der Waals surface area contributed by atoms with Crippen LogP contribution in [-0.2, 0) is 0 Å². The van der Waals surface area contributed by atoms with Gasteiger partial charge in [-0.05, 0) is 31.5 Å². The number of halogens is 1. The lowest BCUT2D eigenvalue weighted by molar-refractivity contribution is 0.340. The molecule has 2 N–H and O–H groups in total. The fourth-order valence-corrected chi connectivity index (χ4v) is 1.32. The molecule has 1 rings (SSSR count). The van der Waals surface area contributed by atoms with Crippen LogP contribution in [0.4, 0.5) is 0 Å². The highest BCUT2D eigenvalue weighted by atomic mass is 35.5. The van der Waals surface area contributed by atoms with Gasteiger partial charge in [0.25, 0.3) is 0 Å². The van der Waals surface area contributed by atoms with Crippen molar-refractivity contribution in [1.82, 2.24) is 0 Å². The molecule has 0 saturated heterocycles. The predicted octanol–water partition coefficient (Wildman–Crippen LogP) is 2.76. The molecular weight excluding hydrogens is 186 g/mol. The fourth-order valence-electron chi connectivity index (χ4n) is 1.07. The summed E-state index contributed by atoms with van der Waals surface area (Å²) in [6, 6.07) is 5.64. The largest absolute Gasteiger partial charge is 0.492 e. The first-order chi connectivity index (χ1) is 6.15. The molecule has 0 saturated carbocycles. The Kier molecular flexibility index (Phi) is 3.58. The summed E-state index contributed by atoms with van der Waals surface area (Å²) in [6.45, 7) is 4.47. The van der Waals surface area contributed by atoms with Gasteiger partial charge >= 0.3 is 0 Å². The second-order valence-corrected chi connectivity index (χ2v) is 3.32. The SMILES string of the molecule is CCOc1ccc(C(C)N)cc1Cl. The van der Waals surface area contributed by atoms with Crippen LogP contribution >= 0.6 is 11.6 Å². The molecule has 0 aliphatic heterocycles. The van der Waals surface area contributed by atoms with Gasteiger partial charge in [0.2, 0.25) is 0 Å². The standard InChI is InChI=1S/C10H14ClNO/c1-3-13-10-5-4-8(7(2)12)6-9(10)11/h4-7H,3,12H2,1-2H3. The second-order valence-electron chi connectivity index (χ2n) is 2.91. The number of nitrogens with two attached hydrogens (primary N) is 1. The molecule has 72 valence electrons. The molecule has 1 unspecified atom stereocenters. The van der Waals surface area contributed by atoms with Gasteiger partial charge in [0, 0.05) is 6.04 Å². The van der Waals surface area contributed by atoms with Crippen LogP contribution < -0.4 is 10.5 Å². The van der Waals surface area contributed by atoms with Gasteiger partial charge in [-0.25, -0.2) is 0 Å². The Labute approximate surface area is 83.6 Å². The van der Waals surface area contributed by atoms with Gasteiger partial charge in [-0.1, -0.05) is 17.7 Å². The molecule has 0 heterocycles. The Morgan fingerprint density at radius 1 is 1.54 bits per heavy atom. The highest BCUT2D eigenvalue weighted by Gasteiger charge is 2.04. The second kappa shape index (κ2) is 4.49. The summed E-state index contributed by atoms with van der Waals surface area (Å²) in [5, 5.41) is 0.622. The van der Waals surface area contributed by atoms with Crippen LogP contribution in [0.25, 0.3) is 0 Å². The summed E-state index contributed by atoms with van der Waals surface area (Å²) in [7, 11) is 0. The highest BCUT2D eigenvalue weighted by Crippen LogP contribution is 2.27. The monoisotopic (exact) mass is 199 g/mol. The van der Waals surface area contributed by atoms with Crippen molar-refractivity contribution in [2.24, 2.45) is 5.73 Å². The Morgan fingerprint density at radius 3 is 2.69 bits per heavy atom. The first-order valence-corrected chi connectivity index (χ1v) is 4.70. The van der Waals surface area contributed by atoms with E-state index in [1.165, 1.54) is 0 Å². The molecule has 1 aromatic carbocycles. The molecular formula is C10H14ClNO. The van der Waals surface area contributed by atoms with E-state index in [0.29, 0.717) is 17.4 Å². The van der Waals surface area contributed by atoms with E-state index in [9.17, 15) is 0 Å². The molecule has 0 spiro atoms. The summed E-state index contributed by atoms with van der Waals surface area (Å²) < 4.78 is 5.30. The normalized spacial score (nSPS) is 12.6. The zero-order chi connectivity index (χ0) is 9.84. The third-order valence-corrected chi connectivity index (χ3v) is 2.08. The molecule has 1 atom stereocenters. The number of hydrogen-bond donors (Lipinski definition) is 1. The van der Waals surface area contributed by atoms with E-state index >= 15 is 0 Å². The molecule has 0 aliphatic rings. The van der Waals surface area contributed by atoms with Crippen LogP contribution in [0.3, 0.4) is 0 Å². The van der Waals surface area contributed by atoms with E-state index in [0.717, 1.165) is 5.56 Å². The Balaban J connectivity index is 2.92. The first-order valence-electron chi connectivity index (χ1n) is 4.33. The maximum atomic E-state index is 5.97. The quantitative estimate of drug-likeness (QED) is 0.813. The Bertz CT molecular complexity index is 286. The molecule has 0 aliphatic carbocycles. The van der Waals surface area contributed by atoms with Crippen molar-refractivity contribution in [2.45, 2.75) is 19.9 Å². The number of ether oxygens (including phenoxy) is 1. The third kappa shape index (κ3) is 2.61. The van der Waals surface area contributed by atoms with Gasteiger partial charge in [0.05, 0.1) is 11.6 Å². The van der Waals surface area contributed by atoms with Gasteiger partial charge in [0.1, 0.15) is 5.75 Å². The van der Waals surface area contributed by atoms with E-state index in [-0.39, 0.29) is 6.04 Å². The van der Waals surface area contributed by atoms with Crippen molar-refractivity contribution in [2.75, 3.05) is 6.61 Å². The van der Waals surface area contributed by atoms with Crippen molar-refractivity contribution in [3.05, 3.63) is 28.8 Å². The zero-order valence-electron chi connectivity index (χ0n) is 7.88. The maximum Gasteiger partial charge on any atom is 0.137 e. The minimum atomic E-state index is 0.00757. The molecule has 0 fully saturated rings. The summed E-state index contributed by atoms with van der Waals surface area (Å²) in [6.07, 6.45) is 0. The van der Waals surface area contributed by atoms with Crippen LogP contribution in [0.1, 0.15) is 25.5 Å². The topological polar surface area (TPSA) is 35.2 Å². The van der Waals surface area contributed by atoms with Crippen LogP contribution in [0.15, 0.2) is 18.2 Å².